The van der Waals surface area contributed by atoms with Crippen LogP contribution in [0, 0.1) is 0 Å². The molecule has 35 heavy (non-hydrogen) atoms. The van der Waals surface area contributed by atoms with Crippen molar-refractivity contribution in [1.82, 2.24) is 25.8 Å². The molecular weight excluding hydrogens is 454 g/mol. The number of likely N-dealkylation sites (tertiary alicyclic amines) is 1. The molecule has 2 atom stereocenters. The van der Waals surface area contributed by atoms with E-state index in [1.165, 1.54) is 18.4 Å². The van der Waals surface area contributed by atoms with Crippen LogP contribution in [0.5, 0.6) is 5.75 Å². The Labute approximate surface area is 205 Å². The minimum Gasteiger partial charge on any atom is -0.491 e. The number of hydrogen-bond donors (Lipinski definition) is 4. The highest BCUT2D eigenvalue weighted by molar-refractivity contribution is 6.01. The summed E-state index contributed by atoms with van der Waals surface area (Å²) in [6.45, 7) is 2.72. The van der Waals surface area contributed by atoms with E-state index >= 15 is 0 Å². The fraction of sp³-hybridized carbons (Fsp3) is 0.583. The van der Waals surface area contributed by atoms with Crippen LogP contribution in [0.3, 0.4) is 0 Å². The van der Waals surface area contributed by atoms with Gasteiger partial charge in [0.1, 0.15) is 24.4 Å². The minimum atomic E-state index is -1.17. The summed E-state index contributed by atoms with van der Waals surface area (Å²) < 4.78 is 5.73. The Morgan fingerprint density at radius 1 is 1.11 bits per heavy atom. The summed E-state index contributed by atoms with van der Waals surface area (Å²) in [5.74, 6) is -1.87. The van der Waals surface area contributed by atoms with Crippen molar-refractivity contribution in [3.63, 3.8) is 0 Å². The number of aliphatic hydroxyl groups is 1. The Hall–Kier alpha value is -3.18. The van der Waals surface area contributed by atoms with Crippen molar-refractivity contribution in [2.75, 3.05) is 53.0 Å². The molecule has 4 amide bonds. The zero-order valence-electron chi connectivity index (χ0n) is 20.1. The average Bonchev–Trinajstić information content (AvgIpc) is 2.86. The van der Waals surface area contributed by atoms with Gasteiger partial charge in [0.05, 0.1) is 25.1 Å². The molecule has 1 aromatic carbocycles. The molecule has 1 saturated heterocycles. The molecule has 2 aliphatic rings. The molecular formula is C24H35N5O6. The van der Waals surface area contributed by atoms with Crippen LogP contribution in [0.1, 0.15) is 36.0 Å². The number of piperidine rings is 1. The zero-order valence-corrected chi connectivity index (χ0v) is 20.1. The van der Waals surface area contributed by atoms with Crippen LogP contribution in [-0.4, -0.2) is 104 Å². The molecule has 0 saturated carbocycles. The molecule has 4 N–H and O–H groups in total. The summed E-state index contributed by atoms with van der Waals surface area (Å²) in [5.41, 5.74) is 0.221. The molecule has 1 fully saturated rings. The highest BCUT2D eigenvalue weighted by atomic mass is 16.5. The van der Waals surface area contributed by atoms with Gasteiger partial charge in [0, 0.05) is 20.1 Å². The van der Waals surface area contributed by atoms with E-state index in [1.807, 2.05) is 0 Å². The van der Waals surface area contributed by atoms with Crippen molar-refractivity contribution >= 4 is 23.6 Å². The Morgan fingerprint density at radius 2 is 1.86 bits per heavy atom. The summed E-state index contributed by atoms with van der Waals surface area (Å²) in [5, 5.41) is 17.6. The van der Waals surface area contributed by atoms with E-state index in [1.54, 1.807) is 24.3 Å². The number of nitrogens with one attached hydrogen (secondary N) is 3. The number of rotatable bonds is 5. The van der Waals surface area contributed by atoms with E-state index in [9.17, 15) is 24.3 Å². The van der Waals surface area contributed by atoms with E-state index in [2.05, 4.69) is 20.9 Å². The first kappa shape index (κ1) is 26.4. The lowest BCUT2D eigenvalue weighted by molar-refractivity contribution is -0.137. The van der Waals surface area contributed by atoms with Crippen LogP contribution in [0.25, 0.3) is 0 Å². The standard InChI is InChI=1S/C24H35N5O6/c1-28-13-14-35-20-8-4-3-7-17(20)22(32)27-18(15-21(31)26-19(16-30)24(28)34)23(33)25-9-12-29-10-5-2-6-11-29/h3-4,7-8,18-19,30H,2,5-6,9-16H2,1H3,(H,25,33)(H,26,31)(H,27,32)/t18-,19-/m0/s1. The van der Waals surface area contributed by atoms with Gasteiger partial charge in [0.15, 0.2) is 0 Å². The molecule has 3 rings (SSSR count). The van der Waals surface area contributed by atoms with Gasteiger partial charge in [-0.15, -0.1) is 0 Å². The minimum absolute atomic E-state index is 0.0963. The first-order chi connectivity index (χ1) is 16.9. The van der Waals surface area contributed by atoms with Crippen LogP contribution in [0.2, 0.25) is 0 Å². The number of likely N-dealkylation sites (N-methyl/N-ethyl adjacent to an activating group) is 1. The van der Waals surface area contributed by atoms with Gasteiger partial charge >= 0.3 is 0 Å². The normalized spacial score (nSPS) is 22.8. The lowest BCUT2D eigenvalue weighted by Gasteiger charge is -2.27. The number of hydrogen-bond acceptors (Lipinski definition) is 7. The van der Waals surface area contributed by atoms with Crippen LogP contribution >= 0.6 is 0 Å². The third-order valence-corrected chi connectivity index (χ3v) is 6.20. The second-order valence-corrected chi connectivity index (χ2v) is 8.83. The van der Waals surface area contributed by atoms with Crippen molar-refractivity contribution in [2.45, 2.75) is 37.8 Å². The number of carbonyl (C=O) groups excluding carboxylic acids is 4. The molecule has 11 nitrogen and oxygen atoms in total. The van der Waals surface area contributed by atoms with Gasteiger partial charge in [-0.3, -0.25) is 19.2 Å². The maximum atomic E-state index is 13.0. The second-order valence-electron chi connectivity index (χ2n) is 8.83. The number of para-hydroxylation sites is 1. The quantitative estimate of drug-likeness (QED) is 0.420. The number of carbonyl (C=O) groups is 4. The number of amides is 4. The fourth-order valence-corrected chi connectivity index (χ4v) is 4.16. The van der Waals surface area contributed by atoms with Crippen molar-refractivity contribution in [2.24, 2.45) is 0 Å². The highest BCUT2D eigenvalue weighted by Gasteiger charge is 2.29. The summed E-state index contributed by atoms with van der Waals surface area (Å²) in [7, 11) is 1.53. The zero-order chi connectivity index (χ0) is 25.2. The molecule has 192 valence electrons. The highest BCUT2D eigenvalue weighted by Crippen LogP contribution is 2.18. The monoisotopic (exact) mass is 489 g/mol. The Balaban J connectivity index is 1.76. The summed E-state index contributed by atoms with van der Waals surface area (Å²) >= 11 is 0. The average molecular weight is 490 g/mol. The predicted molar refractivity (Wildman–Crippen MR) is 128 cm³/mol. The number of ether oxygens (including phenoxy) is 1. The Kier molecular flexibility index (Phi) is 9.86. The topological polar surface area (TPSA) is 140 Å². The third-order valence-electron chi connectivity index (χ3n) is 6.20. The Bertz CT molecular complexity index is 904. The summed E-state index contributed by atoms with van der Waals surface area (Å²) in [6, 6.07) is 4.24. The molecule has 0 radical (unpaired) electrons. The van der Waals surface area contributed by atoms with Crippen molar-refractivity contribution in [3.8, 4) is 5.75 Å². The van der Waals surface area contributed by atoms with Crippen LogP contribution in [0.15, 0.2) is 24.3 Å². The number of benzene rings is 1. The molecule has 2 heterocycles. The van der Waals surface area contributed by atoms with Crippen LogP contribution < -0.4 is 20.7 Å². The second kappa shape index (κ2) is 13.1. The molecule has 0 aromatic heterocycles. The van der Waals surface area contributed by atoms with Gasteiger partial charge in [-0.25, -0.2) is 0 Å². The number of fused-ring (bicyclic) bond motifs is 1. The first-order valence-corrected chi connectivity index (χ1v) is 12.1. The van der Waals surface area contributed by atoms with Gasteiger partial charge in [-0.05, 0) is 38.1 Å². The van der Waals surface area contributed by atoms with Crippen molar-refractivity contribution in [3.05, 3.63) is 29.8 Å². The molecule has 11 heteroatoms. The maximum Gasteiger partial charge on any atom is 0.255 e. The van der Waals surface area contributed by atoms with E-state index in [0.717, 1.165) is 25.9 Å². The number of aliphatic hydroxyl groups excluding tert-OH is 1. The molecule has 0 spiro atoms. The molecule has 0 bridgehead atoms. The van der Waals surface area contributed by atoms with Gasteiger partial charge in [0.25, 0.3) is 5.91 Å². The van der Waals surface area contributed by atoms with E-state index in [0.29, 0.717) is 18.8 Å². The molecule has 2 aliphatic heterocycles. The van der Waals surface area contributed by atoms with Gasteiger partial charge in [-0.2, -0.15) is 0 Å². The lowest BCUT2D eigenvalue weighted by atomic mass is 10.1. The smallest absolute Gasteiger partial charge is 0.255 e. The van der Waals surface area contributed by atoms with Crippen LogP contribution in [0.4, 0.5) is 0 Å². The van der Waals surface area contributed by atoms with Gasteiger partial charge < -0.3 is 35.6 Å². The fourth-order valence-electron chi connectivity index (χ4n) is 4.16. The third kappa shape index (κ3) is 7.66. The molecule has 0 aliphatic carbocycles. The Morgan fingerprint density at radius 3 is 2.60 bits per heavy atom. The SMILES string of the molecule is CN1CCOc2ccccc2C(=O)N[C@H](C(=O)NCCN2CCCCC2)CC(=O)N[C@@H](CO)C1=O. The first-order valence-electron chi connectivity index (χ1n) is 12.1. The van der Waals surface area contributed by atoms with Crippen LogP contribution in [-0.2, 0) is 14.4 Å². The number of nitrogens with zero attached hydrogens (tertiary/aromatic N) is 2. The van der Waals surface area contributed by atoms with Crippen molar-refractivity contribution in [1.29, 1.82) is 0 Å². The maximum absolute atomic E-state index is 13.0. The predicted octanol–water partition coefficient (Wildman–Crippen LogP) is -0.895. The largest absolute Gasteiger partial charge is 0.491 e. The van der Waals surface area contributed by atoms with E-state index in [-0.39, 0.29) is 18.7 Å². The van der Waals surface area contributed by atoms with Gasteiger partial charge in [-0.1, -0.05) is 18.6 Å². The summed E-state index contributed by atoms with van der Waals surface area (Å²) in [6.07, 6.45) is 3.09. The van der Waals surface area contributed by atoms with E-state index < -0.39 is 48.7 Å². The van der Waals surface area contributed by atoms with Gasteiger partial charge in [0.2, 0.25) is 17.7 Å². The molecule has 1 aromatic rings. The van der Waals surface area contributed by atoms with Crippen molar-refractivity contribution < 1.29 is 29.0 Å². The lowest BCUT2D eigenvalue weighted by Crippen LogP contribution is -2.54. The molecule has 0 unspecified atom stereocenters. The van der Waals surface area contributed by atoms with E-state index in [4.69, 9.17) is 4.74 Å². The summed E-state index contributed by atoms with van der Waals surface area (Å²) in [4.78, 5) is 55.0.